The van der Waals surface area contributed by atoms with Crippen LogP contribution in [0.15, 0.2) is 24.4 Å². The van der Waals surface area contributed by atoms with E-state index in [4.69, 9.17) is 4.74 Å². The monoisotopic (exact) mass is 288 g/mol. The molecule has 0 aliphatic rings. The van der Waals surface area contributed by atoms with Crippen molar-refractivity contribution in [1.82, 2.24) is 9.88 Å². The van der Waals surface area contributed by atoms with E-state index in [1.165, 1.54) is 17.9 Å². The molecule has 1 aromatic heterocycles. The second kappa shape index (κ2) is 6.76. The summed E-state index contributed by atoms with van der Waals surface area (Å²) in [6, 6.07) is 6.31. The van der Waals surface area contributed by atoms with E-state index in [0.717, 1.165) is 25.0 Å². The van der Waals surface area contributed by atoms with Crippen molar-refractivity contribution in [1.29, 1.82) is 0 Å². The van der Waals surface area contributed by atoms with Crippen LogP contribution in [0.25, 0.3) is 10.9 Å². The number of nitrogens with one attached hydrogen (secondary N) is 1. The number of hydrogen-bond acceptors (Lipinski definition) is 3. The topological polar surface area (TPSA) is 45.3 Å². The lowest BCUT2D eigenvalue weighted by Gasteiger charge is -2.24. The van der Waals surface area contributed by atoms with E-state index in [1.54, 1.807) is 0 Å². The van der Waals surface area contributed by atoms with Crippen molar-refractivity contribution in [2.45, 2.75) is 40.2 Å². The predicted octanol–water partition coefficient (Wildman–Crippen LogP) is 3.37. The van der Waals surface area contributed by atoms with Gasteiger partial charge in [-0.25, -0.2) is 0 Å². The molecular weight excluding hydrogens is 264 g/mol. The summed E-state index contributed by atoms with van der Waals surface area (Å²) in [4.78, 5) is 16.7. The van der Waals surface area contributed by atoms with Gasteiger partial charge in [-0.05, 0) is 44.5 Å². The molecule has 0 saturated carbocycles. The highest BCUT2D eigenvalue weighted by atomic mass is 16.5. The second-order valence-electron chi connectivity index (χ2n) is 5.59. The van der Waals surface area contributed by atoms with Gasteiger partial charge in [0.1, 0.15) is 5.75 Å². The van der Waals surface area contributed by atoms with E-state index < -0.39 is 0 Å². The van der Waals surface area contributed by atoms with Crippen LogP contribution in [-0.2, 0) is 11.2 Å². The number of likely N-dealkylation sites (N-methyl/N-ethyl adjacent to an activating group) is 1. The average Bonchev–Trinajstić information content (AvgIpc) is 2.81. The first-order valence-electron chi connectivity index (χ1n) is 7.53. The fourth-order valence-corrected chi connectivity index (χ4v) is 2.65. The maximum Gasteiger partial charge on any atom is 0.308 e. The second-order valence-corrected chi connectivity index (χ2v) is 5.59. The zero-order valence-electron chi connectivity index (χ0n) is 13.3. The van der Waals surface area contributed by atoms with Gasteiger partial charge in [-0.15, -0.1) is 0 Å². The number of aromatic nitrogens is 1. The number of rotatable bonds is 6. The molecule has 0 saturated heterocycles. The maximum atomic E-state index is 11.0. The van der Waals surface area contributed by atoms with Crippen LogP contribution in [0.4, 0.5) is 0 Å². The Bertz CT molecular complexity index is 616. The Kier molecular flexibility index (Phi) is 5.02. The van der Waals surface area contributed by atoms with Crippen molar-refractivity contribution in [2.24, 2.45) is 0 Å². The first-order valence-corrected chi connectivity index (χ1v) is 7.53. The van der Waals surface area contributed by atoms with Gasteiger partial charge < -0.3 is 14.6 Å². The Labute approximate surface area is 126 Å². The molecule has 21 heavy (non-hydrogen) atoms. The van der Waals surface area contributed by atoms with Crippen molar-refractivity contribution in [2.75, 3.05) is 13.1 Å². The zero-order valence-corrected chi connectivity index (χ0v) is 13.3. The Hall–Kier alpha value is -1.81. The first-order chi connectivity index (χ1) is 10.0. The molecule has 0 fully saturated rings. The molecule has 2 rings (SSSR count). The fraction of sp³-hybridized carbons (Fsp3) is 0.471. The van der Waals surface area contributed by atoms with E-state index >= 15 is 0 Å². The van der Waals surface area contributed by atoms with Crippen LogP contribution in [0, 0.1) is 0 Å². The van der Waals surface area contributed by atoms with Gasteiger partial charge in [0, 0.05) is 42.7 Å². The first kappa shape index (κ1) is 15.6. The third-order valence-corrected chi connectivity index (χ3v) is 3.81. The molecule has 1 N–H and O–H groups in total. The number of aromatic amines is 1. The highest BCUT2D eigenvalue weighted by Gasteiger charge is 2.10. The van der Waals surface area contributed by atoms with E-state index in [9.17, 15) is 4.79 Å². The zero-order chi connectivity index (χ0) is 15.4. The number of carbonyl (C=O) groups excluding carboxylic acids is 1. The van der Waals surface area contributed by atoms with Crippen molar-refractivity contribution in [3.8, 4) is 5.75 Å². The third-order valence-electron chi connectivity index (χ3n) is 3.81. The van der Waals surface area contributed by atoms with Gasteiger partial charge in [0.15, 0.2) is 0 Å². The molecular formula is C17H24N2O2. The van der Waals surface area contributed by atoms with Gasteiger partial charge in [0.2, 0.25) is 0 Å². The van der Waals surface area contributed by atoms with E-state index in [2.05, 4.69) is 36.9 Å². The lowest BCUT2D eigenvalue weighted by Crippen LogP contribution is -2.32. The Morgan fingerprint density at radius 2 is 2.14 bits per heavy atom. The molecule has 0 unspecified atom stereocenters. The molecule has 1 aromatic carbocycles. The van der Waals surface area contributed by atoms with Gasteiger partial charge in [-0.1, -0.05) is 6.92 Å². The highest BCUT2D eigenvalue weighted by molar-refractivity contribution is 5.85. The largest absolute Gasteiger partial charge is 0.427 e. The number of esters is 1. The van der Waals surface area contributed by atoms with Crippen LogP contribution in [0.2, 0.25) is 0 Å². The summed E-state index contributed by atoms with van der Waals surface area (Å²) in [6.07, 6.45) is 3.06. The summed E-state index contributed by atoms with van der Waals surface area (Å²) in [7, 11) is 0. The van der Waals surface area contributed by atoms with Gasteiger partial charge in [-0.3, -0.25) is 4.79 Å². The minimum absolute atomic E-state index is 0.295. The van der Waals surface area contributed by atoms with Crippen molar-refractivity contribution >= 4 is 16.9 Å². The maximum absolute atomic E-state index is 11.0. The van der Waals surface area contributed by atoms with Crippen molar-refractivity contribution in [3.63, 3.8) is 0 Å². The van der Waals surface area contributed by atoms with Crippen LogP contribution in [0.1, 0.15) is 33.3 Å². The van der Waals surface area contributed by atoms with Crippen LogP contribution < -0.4 is 4.74 Å². The van der Waals surface area contributed by atoms with Crippen LogP contribution >= 0.6 is 0 Å². The fourth-order valence-electron chi connectivity index (χ4n) is 2.65. The molecule has 4 heteroatoms. The van der Waals surface area contributed by atoms with Gasteiger partial charge in [0.25, 0.3) is 0 Å². The number of nitrogens with zero attached hydrogens (tertiary/aromatic N) is 1. The molecule has 0 radical (unpaired) electrons. The van der Waals surface area contributed by atoms with Gasteiger partial charge in [-0.2, -0.15) is 0 Å². The lowest BCUT2D eigenvalue weighted by molar-refractivity contribution is -0.131. The summed E-state index contributed by atoms with van der Waals surface area (Å²) in [5.41, 5.74) is 2.31. The highest BCUT2D eigenvalue weighted by Crippen LogP contribution is 2.24. The standard InChI is InChI=1S/C17H24N2O2/c1-5-19(12(2)3)9-8-14-11-18-17-10-15(21-13(4)20)6-7-16(14)17/h6-7,10-12,18H,5,8-9H2,1-4H3. The van der Waals surface area contributed by atoms with Crippen molar-refractivity contribution in [3.05, 3.63) is 30.0 Å². The Morgan fingerprint density at radius 3 is 2.76 bits per heavy atom. The van der Waals surface area contributed by atoms with E-state index in [1.807, 2.05) is 18.2 Å². The van der Waals surface area contributed by atoms with Crippen molar-refractivity contribution < 1.29 is 9.53 Å². The predicted molar refractivity (Wildman–Crippen MR) is 85.7 cm³/mol. The number of fused-ring (bicyclic) bond motifs is 1. The summed E-state index contributed by atoms with van der Waals surface area (Å²) in [6.45, 7) is 10.2. The lowest BCUT2D eigenvalue weighted by atomic mass is 10.1. The minimum atomic E-state index is -0.295. The van der Waals surface area contributed by atoms with Crippen LogP contribution in [0.5, 0.6) is 5.75 Å². The van der Waals surface area contributed by atoms with E-state index in [-0.39, 0.29) is 5.97 Å². The molecule has 2 aromatic rings. The van der Waals surface area contributed by atoms with Crippen LogP contribution in [-0.4, -0.2) is 35.0 Å². The number of hydrogen-bond donors (Lipinski definition) is 1. The summed E-state index contributed by atoms with van der Waals surface area (Å²) in [5, 5.41) is 1.20. The quantitative estimate of drug-likeness (QED) is 0.655. The average molecular weight is 288 g/mol. The summed E-state index contributed by atoms with van der Waals surface area (Å²) < 4.78 is 5.11. The molecule has 0 spiro atoms. The summed E-state index contributed by atoms with van der Waals surface area (Å²) in [5.74, 6) is 0.289. The molecule has 114 valence electrons. The number of carbonyl (C=O) groups is 1. The van der Waals surface area contributed by atoms with Gasteiger partial charge in [0.05, 0.1) is 0 Å². The number of H-pyrrole nitrogens is 1. The Balaban J connectivity index is 2.13. The molecule has 0 atom stereocenters. The number of benzene rings is 1. The van der Waals surface area contributed by atoms with E-state index in [0.29, 0.717) is 11.8 Å². The molecule has 0 aliphatic carbocycles. The Morgan fingerprint density at radius 1 is 1.38 bits per heavy atom. The molecule has 0 aliphatic heterocycles. The molecule has 0 bridgehead atoms. The van der Waals surface area contributed by atoms with Gasteiger partial charge >= 0.3 is 5.97 Å². The molecule has 0 amide bonds. The number of ether oxygens (including phenoxy) is 1. The normalized spacial score (nSPS) is 11.5. The summed E-state index contributed by atoms with van der Waals surface area (Å²) >= 11 is 0. The SMILES string of the molecule is CCN(CCc1c[nH]c2cc(OC(C)=O)ccc12)C(C)C. The molecule has 4 nitrogen and oxygen atoms in total. The third kappa shape index (κ3) is 3.85. The van der Waals surface area contributed by atoms with Crippen LogP contribution in [0.3, 0.4) is 0 Å². The minimum Gasteiger partial charge on any atom is -0.427 e. The molecule has 1 heterocycles. The smallest absolute Gasteiger partial charge is 0.308 e.